The summed E-state index contributed by atoms with van der Waals surface area (Å²) in [6, 6.07) is 8.57. The molecule has 3 rings (SSSR count). The highest BCUT2D eigenvalue weighted by Crippen LogP contribution is 2.34. The summed E-state index contributed by atoms with van der Waals surface area (Å²) in [6.45, 7) is 4.90. The van der Waals surface area contributed by atoms with Gasteiger partial charge in [-0.25, -0.2) is 0 Å². The smallest absolute Gasteiger partial charge is 0.148 e. The molecule has 1 aliphatic heterocycles. The Morgan fingerprint density at radius 3 is 3.05 bits per heavy atom. The molecule has 0 saturated carbocycles. The SMILES string of the molecule is CCCNC(c1cc2cccc(Br)c2o1)C1CCCOC1. The average Bonchev–Trinajstić information content (AvgIpc) is 2.94. The molecule has 2 atom stereocenters. The zero-order valence-corrected chi connectivity index (χ0v) is 14.0. The van der Waals surface area contributed by atoms with Crippen molar-refractivity contribution in [2.24, 2.45) is 5.92 Å². The summed E-state index contributed by atoms with van der Waals surface area (Å²) in [4.78, 5) is 0. The van der Waals surface area contributed by atoms with Crippen molar-refractivity contribution in [3.8, 4) is 0 Å². The predicted octanol–water partition coefficient (Wildman–Crippen LogP) is 4.66. The van der Waals surface area contributed by atoms with Gasteiger partial charge >= 0.3 is 0 Å². The van der Waals surface area contributed by atoms with E-state index in [-0.39, 0.29) is 6.04 Å². The Labute approximate surface area is 134 Å². The normalized spacial score (nSPS) is 20.8. The van der Waals surface area contributed by atoms with Crippen molar-refractivity contribution >= 4 is 26.9 Å². The highest BCUT2D eigenvalue weighted by atomic mass is 79.9. The highest BCUT2D eigenvalue weighted by Gasteiger charge is 2.28. The third-order valence-electron chi connectivity index (χ3n) is 4.10. The summed E-state index contributed by atoms with van der Waals surface area (Å²) in [5.74, 6) is 1.52. The van der Waals surface area contributed by atoms with E-state index in [0.717, 1.165) is 53.8 Å². The molecular formula is C17H22BrNO2. The van der Waals surface area contributed by atoms with Crippen LogP contribution in [0.4, 0.5) is 0 Å². The molecule has 0 spiro atoms. The fourth-order valence-electron chi connectivity index (χ4n) is 3.03. The van der Waals surface area contributed by atoms with E-state index in [2.05, 4.69) is 40.3 Å². The Hall–Kier alpha value is -0.840. The van der Waals surface area contributed by atoms with Crippen LogP contribution in [-0.2, 0) is 4.74 Å². The maximum atomic E-state index is 6.15. The third-order valence-corrected chi connectivity index (χ3v) is 4.73. The van der Waals surface area contributed by atoms with Crippen LogP contribution in [0.25, 0.3) is 11.0 Å². The molecule has 21 heavy (non-hydrogen) atoms. The first kappa shape index (κ1) is 15.1. The topological polar surface area (TPSA) is 34.4 Å². The lowest BCUT2D eigenvalue weighted by molar-refractivity contribution is 0.0358. The van der Waals surface area contributed by atoms with Crippen molar-refractivity contribution in [3.05, 3.63) is 34.5 Å². The standard InChI is InChI=1S/C17H22BrNO2/c1-2-8-19-16(13-6-4-9-20-11-13)15-10-12-5-3-7-14(18)17(12)21-15/h3,5,7,10,13,16,19H,2,4,6,8-9,11H2,1H3. The van der Waals surface area contributed by atoms with Gasteiger partial charge in [-0.15, -0.1) is 0 Å². The number of rotatable bonds is 5. The molecule has 3 nitrogen and oxygen atoms in total. The monoisotopic (exact) mass is 351 g/mol. The van der Waals surface area contributed by atoms with Crippen LogP contribution in [0.1, 0.15) is 38.0 Å². The Morgan fingerprint density at radius 1 is 1.43 bits per heavy atom. The van der Waals surface area contributed by atoms with Crippen LogP contribution in [0.5, 0.6) is 0 Å². The molecule has 114 valence electrons. The highest BCUT2D eigenvalue weighted by molar-refractivity contribution is 9.10. The molecule has 0 amide bonds. The molecule has 1 aromatic carbocycles. The number of para-hydroxylation sites is 1. The first-order chi connectivity index (χ1) is 10.3. The van der Waals surface area contributed by atoms with E-state index in [1.165, 1.54) is 6.42 Å². The van der Waals surface area contributed by atoms with Gasteiger partial charge < -0.3 is 14.5 Å². The number of fused-ring (bicyclic) bond motifs is 1. The Kier molecular flexibility index (Phi) is 4.99. The number of ether oxygens (including phenoxy) is 1. The van der Waals surface area contributed by atoms with Crippen LogP contribution in [0.3, 0.4) is 0 Å². The van der Waals surface area contributed by atoms with Crippen LogP contribution in [-0.4, -0.2) is 19.8 Å². The number of furan rings is 1. The predicted molar refractivity (Wildman–Crippen MR) is 88.5 cm³/mol. The second kappa shape index (κ2) is 6.95. The first-order valence-corrected chi connectivity index (χ1v) is 8.58. The van der Waals surface area contributed by atoms with Crippen LogP contribution in [0.2, 0.25) is 0 Å². The Balaban J connectivity index is 1.90. The zero-order valence-electron chi connectivity index (χ0n) is 12.4. The minimum absolute atomic E-state index is 0.240. The van der Waals surface area contributed by atoms with E-state index < -0.39 is 0 Å². The Bertz CT molecular complexity index is 589. The van der Waals surface area contributed by atoms with Gasteiger partial charge in [0.25, 0.3) is 0 Å². The van der Waals surface area contributed by atoms with E-state index in [4.69, 9.17) is 9.15 Å². The van der Waals surface area contributed by atoms with Gasteiger partial charge in [0, 0.05) is 17.9 Å². The van der Waals surface area contributed by atoms with Crippen molar-refractivity contribution < 1.29 is 9.15 Å². The van der Waals surface area contributed by atoms with E-state index in [1.807, 2.05) is 12.1 Å². The van der Waals surface area contributed by atoms with Crippen LogP contribution >= 0.6 is 15.9 Å². The second-order valence-corrected chi connectivity index (χ2v) is 6.57. The minimum Gasteiger partial charge on any atom is -0.458 e. The van der Waals surface area contributed by atoms with Gasteiger partial charge in [0.05, 0.1) is 17.1 Å². The summed E-state index contributed by atoms with van der Waals surface area (Å²) in [5, 5.41) is 4.80. The molecule has 0 radical (unpaired) electrons. The fourth-order valence-corrected chi connectivity index (χ4v) is 3.49. The van der Waals surface area contributed by atoms with Gasteiger partial charge in [-0.3, -0.25) is 0 Å². The maximum absolute atomic E-state index is 6.15. The van der Waals surface area contributed by atoms with Crippen LogP contribution in [0, 0.1) is 5.92 Å². The molecule has 2 unspecified atom stereocenters. The lowest BCUT2D eigenvalue weighted by Gasteiger charge is -2.29. The van der Waals surface area contributed by atoms with Gasteiger partial charge in [0.15, 0.2) is 0 Å². The summed E-state index contributed by atoms with van der Waals surface area (Å²) in [6.07, 6.45) is 3.45. The molecular weight excluding hydrogens is 330 g/mol. The van der Waals surface area contributed by atoms with Crippen LogP contribution < -0.4 is 5.32 Å². The van der Waals surface area contributed by atoms with Gasteiger partial charge in [0.2, 0.25) is 0 Å². The van der Waals surface area contributed by atoms with E-state index in [9.17, 15) is 0 Å². The molecule has 2 aromatic rings. The summed E-state index contributed by atoms with van der Waals surface area (Å²) >= 11 is 3.57. The molecule has 1 aromatic heterocycles. The lowest BCUT2D eigenvalue weighted by Crippen LogP contribution is -2.33. The van der Waals surface area contributed by atoms with Gasteiger partial charge in [-0.05, 0) is 53.9 Å². The number of hydrogen-bond donors (Lipinski definition) is 1. The summed E-state index contributed by atoms with van der Waals surface area (Å²) in [5.41, 5.74) is 0.938. The Morgan fingerprint density at radius 2 is 2.33 bits per heavy atom. The van der Waals surface area contributed by atoms with Crippen molar-refractivity contribution in [2.45, 2.75) is 32.2 Å². The number of benzene rings is 1. The average molecular weight is 352 g/mol. The first-order valence-electron chi connectivity index (χ1n) is 7.78. The maximum Gasteiger partial charge on any atom is 0.148 e. The summed E-state index contributed by atoms with van der Waals surface area (Å²) in [7, 11) is 0. The molecule has 1 N–H and O–H groups in total. The number of halogens is 1. The largest absolute Gasteiger partial charge is 0.458 e. The van der Waals surface area contributed by atoms with Crippen LogP contribution in [0.15, 0.2) is 33.2 Å². The van der Waals surface area contributed by atoms with Gasteiger partial charge in [-0.2, -0.15) is 0 Å². The van der Waals surface area contributed by atoms with Crippen molar-refractivity contribution in [1.29, 1.82) is 0 Å². The van der Waals surface area contributed by atoms with Crippen molar-refractivity contribution in [2.75, 3.05) is 19.8 Å². The van der Waals surface area contributed by atoms with E-state index in [1.54, 1.807) is 0 Å². The molecule has 2 heterocycles. The van der Waals surface area contributed by atoms with Crippen molar-refractivity contribution in [1.82, 2.24) is 5.32 Å². The summed E-state index contributed by atoms with van der Waals surface area (Å²) < 4.78 is 12.8. The molecule has 4 heteroatoms. The van der Waals surface area contributed by atoms with E-state index in [0.29, 0.717) is 5.92 Å². The fraction of sp³-hybridized carbons (Fsp3) is 0.529. The minimum atomic E-state index is 0.240. The number of hydrogen-bond acceptors (Lipinski definition) is 3. The molecule has 1 fully saturated rings. The molecule has 1 aliphatic rings. The molecule has 0 bridgehead atoms. The van der Waals surface area contributed by atoms with Gasteiger partial charge in [-0.1, -0.05) is 19.1 Å². The molecule has 1 saturated heterocycles. The number of nitrogens with one attached hydrogen (secondary N) is 1. The van der Waals surface area contributed by atoms with E-state index >= 15 is 0 Å². The second-order valence-electron chi connectivity index (χ2n) is 5.72. The lowest BCUT2D eigenvalue weighted by atomic mass is 9.92. The quantitative estimate of drug-likeness (QED) is 0.850. The third kappa shape index (κ3) is 3.33. The van der Waals surface area contributed by atoms with Crippen molar-refractivity contribution in [3.63, 3.8) is 0 Å². The van der Waals surface area contributed by atoms with Gasteiger partial charge in [0.1, 0.15) is 11.3 Å². The molecule has 0 aliphatic carbocycles. The zero-order chi connectivity index (χ0) is 14.7.